The van der Waals surface area contributed by atoms with Gasteiger partial charge in [0.2, 0.25) is 0 Å². The minimum Gasteiger partial charge on any atom is -0.495 e. The van der Waals surface area contributed by atoms with Gasteiger partial charge in [0.15, 0.2) is 0 Å². The van der Waals surface area contributed by atoms with E-state index in [1.165, 1.54) is 0 Å². The Morgan fingerprint density at radius 2 is 2.26 bits per heavy atom. The summed E-state index contributed by atoms with van der Waals surface area (Å²) in [6, 6.07) is 5.03. The second kappa shape index (κ2) is 8.01. The van der Waals surface area contributed by atoms with Crippen LogP contribution in [0, 0.1) is 0 Å². The van der Waals surface area contributed by atoms with E-state index in [1.54, 1.807) is 19.2 Å². The van der Waals surface area contributed by atoms with E-state index >= 15 is 0 Å². The number of ether oxygens (including phenoxy) is 1. The van der Waals surface area contributed by atoms with Gasteiger partial charge < -0.3 is 20.5 Å². The highest BCUT2D eigenvalue weighted by atomic mass is 79.9. The first-order valence-corrected chi connectivity index (χ1v) is 6.92. The molecule has 5 nitrogen and oxygen atoms in total. The molecule has 0 radical (unpaired) electrons. The van der Waals surface area contributed by atoms with Gasteiger partial charge in [-0.2, -0.15) is 0 Å². The van der Waals surface area contributed by atoms with E-state index in [2.05, 4.69) is 26.6 Å². The highest BCUT2D eigenvalue weighted by molar-refractivity contribution is 9.10. The maximum atomic E-state index is 11.9. The van der Waals surface area contributed by atoms with Crippen LogP contribution in [0.1, 0.15) is 19.8 Å². The molecule has 0 heterocycles. The number of rotatable bonds is 6. The van der Waals surface area contributed by atoms with Gasteiger partial charge in [0, 0.05) is 17.1 Å². The number of carbonyl (C=O) groups excluding carboxylic acids is 1. The molecule has 106 valence electrons. The molecule has 0 saturated heterocycles. The van der Waals surface area contributed by atoms with Gasteiger partial charge in [-0.15, -0.1) is 0 Å². The number of hydrogen-bond donors (Lipinski definition) is 3. The molecule has 1 unspecified atom stereocenters. The number of carbonyl (C=O) groups is 1. The van der Waals surface area contributed by atoms with Gasteiger partial charge in [0.25, 0.3) is 0 Å². The van der Waals surface area contributed by atoms with Crippen LogP contribution in [0.15, 0.2) is 22.7 Å². The topological polar surface area (TPSA) is 70.6 Å². The van der Waals surface area contributed by atoms with Gasteiger partial charge in [0.05, 0.1) is 12.8 Å². The third-order valence-electron chi connectivity index (χ3n) is 2.72. The molecule has 3 N–H and O–H groups in total. The van der Waals surface area contributed by atoms with Crippen LogP contribution >= 0.6 is 15.9 Å². The van der Waals surface area contributed by atoms with E-state index in [1.807, 2.05) is 13.0 Å². The van der Waals surface area contributed by atoms with Crippen LogP contribution in [-0.2, 0) is 0 Å². The summed E-state index contributed by atoms with van der Waals surface area (Å²) in [5.74, 6) is 0.591. The van der Waals surface area contributed by atoms with Gasteiger partial charge >= 0.3 is 6.03 Å². The Morgan fingerprint density at radius 1 is 1.53 bits per heavy atom. The molecule has 0 fully saturated rings. The van der Waals surface area contributed by atoms with E-state index in [0.29, 0.717) is 17.9 Å². The Morgan fingerprint density at radius 3 is 2.84 bits per heavy atom. The van der Waals surface area contributed by atoms with Crippen LogP contribution in [0.3, 0.4) is 0 Å². The number of hydrogen-bond acceptors (Lipinski definition) is 3. The van der Waals surface area contributed by atoms with Crippen LogP contribution < -0.4 is 15.4 Å². The summed E-state index contributed by atoms with van der Waals surface area (Å²) in [6.07, 6.45) is 1.31. The van der Waals surface area contributed by atoms with Crippen molar-refractivity contribution >= 4 is 27.6 Å². The summed E-state index contributed by atoms with van der Waals surface area (Å²) in [7, 11) is 1.55. The highest BCUT2D eigenvalue weighted by Gasteiger charge is 2.12. The van der Waals surface area contributed by atoms with Crippen molar-refractivity contribution in [1.82, 2.24) is 5.32 Å². The van der Waals surface area contributed by atoms with E-state index in [0.717, 1.165) is 10.9 Å². The van der Waals surface area contributed by atoms with Crippen molar-refractivity contribution in [3.05, 3.63) is 22.7 Å². The second-order valence-electron chi connectivity index (χ2n) is 4.06. The number of benzene rings is 1. The molecule has 0 aliphatic rings. The smallest absolute Gasteiger partial charge is 0.319 e. The lowest BCUT2D eigenvalue weighted by Gasteiger charge is -2.17. The first-order valence-electron chi connectivity index (χ1n) is 6.12. The van der Waals surface area contributed by atoms with E-state index in [9.17, 15) is 4.79 Å². The van der Waals surface area contributed by atoms with Crippen molar-refractivity contribution in [2.75, 3.05) is 19.0 Å². The molecule has 2 amide bonds. The van der Waals surface area contributed by atoms with Crippen molar-refractivity contribution in [1.29, 1.82) is 0 Å². The maximum absolute atomic E-state index is 11.9. The molecular weight excluding hydrogens is 312 g/mol. The first kappa shape index (κ1) is 15.8. The predicted molar refractivity (Wildman–Crippen MR) is 78.6 cm³/mol. The Balaban J connectivity index is 2.68. The normalized spacial score (nSPS) is 11.8. The van der Waals surface area contributed by atoms with E-state index < -0.39 is 0 Å². The van der Waals surface area contributed by atoms with E-state index in [4.69, 9.17) is 9.84 Å². The first-order chi connectivity index (χ1) is 9.10. The van der Waals surface area contributed by atoms with Gasteiger partial charge in [-0.1, -0.05) is 22.9 Å². The summed E-state index contributed by atoms with van der Waals surface area (Å²) >= 11 is 3.34. The molecule has 1 rings (SSSR count). The standard InChI is InChI=1S/C13H19BrN2O3/c1-3-10(6-7-17)15-13(18)16-11-8-9(14)4-5-12(11)19-2/h4-5,8,10,17H,3,6-7H2,1-2H3,(H2,15,16,18). The average molecular weight is 331 g/mol. The molecule has 0 bridgehead atoms. The number of aliphatic hydroxyl groups is 1. The lowest BCUT2D eigenvalue weighted by molar-refractivity contribution is 0.237. The largest absolute Gasteiger partial charge is 0.495 e. The molecule has 0 aromatic heterocycles. The zero-order valence-corrected chi connectivity index (χ0v) is 12.7. The zero-order valence-electron chi connectivity index (χ0n) is 11.1. The molecule has 0 saturated carbocycles. The average Bonchev–Trinajstić information content (AvgIpc) is 2.38. The summed E-state index contributed by atoms with van der Waals surface area (Å²) in [5.41, 5.74) is 0.591. The number of amides is 2. The molecule has 19 heavy (non-hydrogen) atoms. The van der Waals surface area contributed by atoms with Gasteiger partial charge in [-0.05, 0) is 31.0 Å². The fourth-order valence-electron chi connectivity index (χ4n) is 1.66. The Kier molecular flexibility index (Phi) is 6.66. The minimum absolute atomic E-state index is 0.0388. The van der Waals surface area contributed by atoms with Crippen molar-refractivity contribution in [3.8, 4) is 5.75 Å². The Labute approximate surface area is 121 Å². The third kappa shape index (κ3) is 5.08. The second-order valence-corrected chi connectivity index (χ2v) is 4.98. The van der Waals surface area contributed by atoms with Gasteiger partial charge in [-0.3, -0.25) is 0 Å². The van der Waals surface area contributed by atoms with Crippen molar-refractivity contribution in [2.45, 2.75) is 25.8 Å². The van der Waals surface area contributed by atoms with Gasteiger partial charge in [-0.25, -0.2) is 4.79 Å². The Bertz CT molecular complexity index is 426. The molecule has 0 spiro atoms. The predicted octanol–water partition coefficient (Wildman–Crippen LogP) is 2.74. The van der Waals surface area contributed by atoms with Crippen LogP contribution in [-0.4, -0.2) is 30.9 Å². The fourth-order valence-corrected chi connectivity index (χ4v) is 2.02. The van der Waals surface area contributed by atoms with E-state index in [-0.39, 0.29) is 18.7 Å². The number of urea groups is 1. The zero-order chi connectivity index (χ0) is 14.3. The lowest BCUT2D eigenvalue weighted by Crippen LogP contribution is -2.38. The van der Waals surface area contributed by atoms with Crippen LogP contribution in [0.25, 0.3) is 0 Å². The lowest BCUT2D eigenvalue weighted by atomic mass is 10.2. The summed E-state index contributed by atoms with van der Waals surface area (Å²) in [6.45, 7) is 2.01. The fraction of sp³-hybridized carbons (Fsp3) is 0.462. The van der Waals surface area contributed by atoms with Crippen molar-refractivity contribution < 1.29 is 14.6 Å². The maximum Gasteiger partial charge on any atom is 0.319 e. The molecule has 0 aliphatic carbocycles. The molecular formula is C13H19BrN2O3. The number of anilines is 1. The Hall–Kier alpha value is -1.27. The molecule has 6 heteroatoms. The van der Waals surface area contributed by atoms with Crippen LogP contribution in [0.5, 0.6) is 5.75 Å². The van der Waals surface area contributed by atoms with Crippen molar-refractivity contribution in [2.24, 2.45) is 0 Å². The monoisotopic (exact) mass is 330 g/mol. The van der Waals surface area contributed by atoms with Crippen molar-refractivity contribution in [3.63, 3.8) is 0 Å². The SMILES string of the molecule is CCC(CCO)NC(=O)Nc1cc(Br)ccc1OC. The summed E-state index contributed by atoms with van der Waals surface area (Å²) in [4.78, 5) is 11.9. The number of methoxy groups -OCH3 is 1. The van der Waals surface area contributed by atoms with Gasteiger partial charge in [0.1, 0.15) is 5.75 Å². The van der Waals surface area contributed by atoms with Crippen LogP contribution in [0.4, 0.5) is 10.5 Å². The van der Waals surface area contributed by atoms with Crippen LogP contribution in [0.2, 0.25) is 0 Å². The number of aliphatic hydroxyl groups excluding tert-OH is 1. The highest BCUT2D eigenvalue weighted by Crippen LogP contribution is 2.27. The molecule has 1 aromatic carbocycles. The number of nitrogens with one attached hydrogen (secondary N) is 2. The number of halogens is 1. The summed E-state index contributed by atoms with van der Waals surface area (Å²) < 4.78 is 6.03. The molecule has 0 aliphatic heterocycles. The molecule has 1 aromatic rings. The minimum atomic E-state index is -0.309. The molecule has 1 atom stereocenters. The summed E-state index contributed by atoms with van der Waals surface area (Å²) in [5, 5.41) is 14.4. The quantitative estimate of drug-likeness (QED) is 0.751. The third-order valence-corrected chi connectivity index (χ3v) is 3.21.